The summed E-state index contributed by atoms with van der Waals surface area (Å²) in [6.07, 6.45) is 3.52. The summed E-state index contributed by atoms with van der Waals surface area (Å²) in [6.45, 7) is 0. The van der Waals surface area contributed by atoms with Gasteiger partial charge in [0.25, 0.3) is 0 Å². The molecule has 1 heterocycles. The fourth-order valence-electron chi connectivity index (χ4n) is 1.39. The highest BCUT2D eigenvalue weighted by molar-refractivity contribution is 9.10. The third-order valence-corrected chi connectivity index (χ3v) is 3.16. The molecule has 0 bridgehead atoms. The number of pyridine rings is 1. The topological polar surface area (TPSA) is 37.0 Å². The van der Waals surface area contributed by atoms with Crippen LogP contribution in [0.3, 0.4) is 0 Å². The Morgan fingerprint density at radius 3 is 2.71 bits per heavy atom. The normalized spacial score (nSPS) is 10.1. The number of hydrogen-bond acceptors (Lipinski definition) is 3. The van der Waals surface area contributed by atoms with Gasteiger partial charge < -0.3 is 10.6 Å². The van der Waals surface area contributed by atoms with Crippen molar-refractivity contribution in [2.45, 2.75) is 0 Å². The molecular weight excluding hydrogens is 302 g/mol. The minimum absolute atomic E-state index is 0.688. The summed E-state index contributed by atoms with van der Waals surface area (Å²) in [4.78, 5) is 4.13. The van der Waals surface area contributed by atoms with Gasteiger partial charge in [-0.05, 0) is 40.2 Å². The second-order valence-electron chi connectivity index (χ2n) is 3.46. The molecule has 0 aliphatic carbocycles. The molecule has 0 unspecified atom stereocenters. The van der Waals surface area contributed by atoms with Gasteiger partial charge in [0.05, 0.1) is 29.5 Å². The van der Waals surface area contributed by atoms with Gasteiger partial charge in [0.2, 0.25) is 0 Å². The maximum absolute atomic E-state index is 5.95. The standard InChI is InChI=1S/C12H11BrClN3/c1-15-9-5-10(7-16-6-9)17-12-4-8(14)2-3-11(12)13/h2-7,15,17H,1H3. The Kier molecular flexibility index (Phi) is 3.86. The Morgan fingerprint density at radius 1 is 1.18 bits per heavy atom. The number of nitrogens with one attached hydrogen (secondary N) is 2. The van der Waals surface area contributed by atoms with E-state index in [0.29, 0.717) is 5.02 Å². The van der Waals surface area contributed by atoms with E-state index in [1.54, 1.807) is 12.4 Å². The molecule has 1 aromatic heterocycles. The molecule has 0 aliphatic heterocycles. The molecule has 0 spiro atoms. The number of anilines is 3. The van der Waals surface area contributed by atoms with E-state index < -0.39 is 0 Å². The molecule has 0 aliphatic rings. The van der Waals surface area contributed by atoms with Crippen molar-refractivity contribution in [3.63, 3.8) is 0 Å². The van der Waals surface area contributed by atoms with Gasteiger partial charge in [0.15, 0.2) is 0 Å². The van der Waals surface area contributed by atoms with Crippen LogP contribution in [0.25, 0.3) is 0 Å². The first kappa shape index (κ1) is 12.2. The smallest absolute Gasteiger partial charge is 0.0591 e. The van der Waals surface area contributed by atoms with Crippen LogP contribution >= 0.6 is 27.5 Å². The molecule has 0 fully saturated rings. The summed E-state index contributed by atoms with van der Waals surface area (Å²) >= 11 is 9.42. The van der Waals surface area contributed by atoms with Crippen LogP contribution in [0.5, 0.6) is 0 Å². The molecule has 2 N–H and O–H groups in total. The van der Waals surface area contributed by atoms with Crippen LogP contribution in [0, 0.1) is 0 Å². The number of benzene rings is 1. The van der Waals surface area contributed by atoms with E-state index in [2.05, 4.69) is 31.5 Å². The summed E-state index contributed by atoms with van der Waals surface area (Å²) in [6, 6.07) is 7.57. The largest absolute Gasteiger partial charge is 0.387 e. The lowest BCUT2D eigenvalue weighted by Crippen LogP contribution is -1.95. The average molecular weight is 313 g/mol. The quantitative estimate of drug-likeness (QED) is 0.888. The SMILES string of the molecule is CNc1cncc(Nc2cc(Cl)ccc2Br)c1. The molecule has 0 radical (unpaired) electrons. The molecule has 2 aromatic rings. The fourth-order valence-corrected chi connectivity index (χ4v) is 1.91. The summed E-state index contributed by atoms with van der Waals surface area (Å²) in [5, 5.41) is 6.98. The van der Waals surface area contributed by atoms with Crippen molar-refractivity contribution < 1.29 is 0 Å². The molecule has 88 valence electrons. The van der Waals surface area contributed by atoms with E-state index in [1.807, 2.05) is 31.3 Å². The van der Waals surface area contributed by atoms with Crippen molar-refractivity contribution in [2.75, 3.05) is 17.7 Å². The third kappa shape index (κ3) is 3.11. The summed E-state index contributed by atoms with van der Waals surface area (Å²) in [5.41, 5.74) is 2.76. The van der Waals surface area contributed by atoms with Crippen LogP contribution in [0.2, 0.25) is 5.02 Å². The zero-order valence-electron chi connectivity index (χ0n) is 9.17. The minimum Gasteiger partial charge on any atom is -0.387 e. The minimum atomic E-state index is 0.688. The van der Waals surface area contributed by atoms with Gasteiger partial charge in [-0.2, -0.15) is 0 Å². The Morgan fingerprint density at radius 2 is 1.94 bits per heavy atom. The van der Waals surface area contributed by atoms with Crippen LogP contribution < -0.4 is 10.6 Å². The highest BCUT2D eigenvalue weighted by Gasteiger charge is 2.02. The Labute approximate surface area is 113 Å². The zero-order valence-corrected chi connectivity index (χ0v) is 11.5. The molecular formula is C12H11BrClN3. The molecule has 0 amide bonds. The van der Waals surface area contributed by atoms with E-state index in [9.17, 15) is 0 Å². The lowest BCUT2D eigenvalue weighted by molar-refractivity contribution is 1.30. The first-order chi connectivity index (χ1) is 8.19. The Hall–Kier alpha value is -1.26. The van der Waals surface area contributed by atoms with Crippen molar-refractivity contribution in [3.05, 3.63) is 46.2 Å². The molecule has 17 heavy (non-hydrogen) atoms. The molecule has 2 rings (SSSR count). The molecule has 3 nitrogen and oxygen atoms in total. The van der Waals surface area contributed by atoms with E-state index in [1.165, 1.54) is 0 Å². The van der Waals surface area contributed by atoms with Gasteiger partial charge in [0, 0.05) is 16.5 Å². The highest BCUT2D eigenvalue weighted by atomic mass is 79.9. The summed E-state index contributed by atoms with van der Waals surface area (Å²) in [7, 11) is 1.86. The molecule has 0 atom stereocenters. The summed E-state index contributed by atoms with van der Waals surface area (Å²) in [5.74, 6) is 0. The second kappa shape index (κ2) is 5.38. The average Bonchev–Trinajstić information content (AvgIpc) is 2.34. The maximum Gasteiger partial charge on any atom is 0.0591 e. The number of hydrogen-bond donors (Lipinski definition) is 2. The first-order valence-electron chi connectivity index (χ1n) is 5.04. The Balaban J connectivity index is 2.27. The molecule has 1 aromatic carbocycles. The van der Waals surface area contributed by atoms with Gasteiger partial charge in [-0.1, -0.05) is 11.6 Å². The van der Waals surface area contributed by atoms with Crippen LogP contribution in [-0.2, 0) is 0 Å². The third-order valence-electron chi connectivity index (χ3n) is 2.23. The second-order valence-corrected chi connectivity index (χ2v) is 4.75. The summed E-state index contributed by atoms with van der Waals surface area (Å²) < 4.78 is 0.955. The maximum atomic E-state index is 5.95. The van der Waals surface area contributed by atoms with Crippen molar-refractivity contribution in [1.82, 2.24) is 4.98 Å². The van der Waals surface area contributed by atoms with Crippen molar-refractivity contribution >= 4 is 44.6 Å². The van der Waals surface area contributed by atoms with E-state index in [4.69, 9.17) is 11.6 Å². The van der Waals surface area contributed by atoms with Crippen LogP contribution in [0.1, 0.15) is 0 Å². The lowest BCUT2D eigenvalue weighted by atomic mass is 10.3. The van der Waals surface area contributed by atoms with Crippen molar-refractivity contribution in [1.29, 1.82) is 0 Å². The number of halogens is 2. The van der Waals surface area contributed by atoms with Gasteiger partial charge >= 0.3 is 0 Å². The van der Waals surface area contributed by atoms with Crippen LogP contribution in [0.4, 0.5) is 17.1 Å². The van der Waals surface area contributed by atoms with Crippen LogP contribution in [0.15, 0.2) is 41.1 Å². The van der Waals surface area contributed by atoms with E-state index in [0.717, 1.165) is 21.5 Å². The number of aromatic nitrogens is 1. The monoisotopic (exact) mass is 311 g/mol. The van der Waals surface area contributed by atoms with Gasteiger partial charge in [-0.25, -0.2) is 0 Å². The van der Waals surface area contributed by atoms with E-state index >= 15 is 0 Å². The van der Waals surface area contributed by atoms with Crippen LogP contribution in [-0.4, -0.2) is 12.0 Å². The predicted molar refractivity (Wildman–Crippen MR) is 76.2 cm³/mol. The van der Waals surface area contributed by atoms with Crippen molar-refractivity contribution in [2.24, 2.45) is 0 Å². The molecule has 0 saturated carbocycles. The predicted octanol–water partition coefficient (Wildman–Crippen LogP) is 4.28. The number of rotatable bonds is 3. The Bertz CT molecular complexity index is 531. The highest BCUT2D eigenvalue weighted by Crippen LogP contribution is 2.29. The lowest BCUT2D eigenvalue weighted by Gasteiger charge is -2.09. The number of nitrogens with zero attached hydrogens (tertiary/aromatic N) is 1. The fraction of sp³-hybridized carbons (Fsp3) is 0.0833. The van der Waals surface area contributed by atoms with Gasteiger partial charge in [-0.15, -0.1) is 0 Å². The van der Waals surface area contributed by atoms with Gasteiger partial charge in [-0.3, -0.25) is 4.98 Å². The first-order valence-corrected chi connectivity index (χ1v) is 6.21. The molecule has 5 heteroatoms. The molecule has 0 saturated heterocycles. The van der Waals surface area contributed by atoms with Gasteiger partial charge in [0.1, 0.15) is 0 Å². The van der Waals surface area contributed by atoms with Crippen molar-refractivity contribution in [3.8, 4) is 0 Å². The van der Waals surface area contributed by atoms with E-state index in [-0.39, 0.29) is 0 Å². The zero-order chi connectivity index (χ0) is 12.3.